The molecule has 4 nitrogen and oxygen atoms in total. The molecule has 134 valence electrons. The second kappa shape index (κ2) is 16.3. The van der Waals surface area contributed by atoms with Crippen LogP contribution in [0.15, 0.2) is 0 Å². The number of hydrogen-bond acceptors (Lipinski definition) is 4. The first-order chi connectivity index (χ1) is 10.4. The van der Waals surface area contributed by atoms with Crippen LogP contribution in [0.4, 0.5) is 0 Å². The van der Waals surface area contributed by atoms with Crippen LogP contribution >= 0.6 is 0 Å². The van der Waals surface area contributed by atoms with Crippen LogP contribution in [-0.4, -0.2) is 29.4 Å². The van der Waals surface area contributed by atoms with E-state index in [2.05, 4.69) is 6.92 Å². The molecule has 0 aromatic heterocycles. The Kier molecular flexibility index (Phi) is 18.5. The van der Waals surface area contributed by atoms with Gasteiger partial charge in [0.15, 0.2) is 0 Å². The Morgan fingerprint density at radius 1 is 0.783 bits per heavy atom. The van der Waals surface area contributed by atoms with Gasteiger partial charge in [-0.25, -0.2) is 8.42 Å². The number of unbranched alkanes of at least 4 members (excludes halogenated alkanes) is 6. The maximum atomic E-state index is 11.1. The van der Waals surface area contributed by atoms with Gasteiger partial charge in [-0.1, -0.05) is 71.6 Å². The predicted molar refractivity (Wildman–Crippen MR) is 90.9 cm³/mol. The summed E-state index contributed by atoms with van der Waals surface area (Å²) in [4.78, 5) is 0. The summed E-state index contributed by atoms with van der Waals surface area (Å²) >= 11 is 0. The molecule has 0 aliphatic heterocycles. The van der Waals surface area contributed by atoms with Gasteiger partial charge in [0.2, 0.25) is 0 Å². The largest absolute Gasteiger partial charge is 1.00 e. The van der Waals surface area contributed by atoms with Crippen LogP contribution in [0.25, 0.3) is 0 Å². The zero-order valence-corrected chi connectivity index (χ0v) is 18.2. The van der Waals surface area contributed by atoms with Crippen molar-refractivity contribution in [3.63, 3.8) is 0 Å². The second-order valence-electron chi connectivity index (χ2n) is 6.40. The van der Waals surface area contributed by atoms with E-state index in [1.54, 1.807) is 0 Å². The quantitative estimate of drug-likeness (QED) is 0.272. The van der Waals surface area contributed by atoms with Gasteiger partial charge in [-0.15, -0.1) is 0 Å². The average Bonchev–Trinajstić information content (AvgIpc) is 2.44. The van der Waals surface area contributed by atoms with E-state index in [0.29, 0.717) is 32.1 Å². The van der Waals surface area contributed by atoms with Gasteiger partial charge < -0.3 is 9.66 Å². The average molecular weight is 359 g/mol. The Bertz CT molecular complexity index is 347. The van der Waals surface area contributed by atoms with Crippen LogP contribution in [0.1, 0.15) is 97.3 Å². The molecule has 0 saturated heterocycles. The Morgan fingerprint density at radius 2 is 1.26 bits per heavy atom. The molecule has 0 rings (SSSR count). The smallest absolute Gasteiger partial charge is 0.748 e. The normalized spacial score (nSPS) is 14.3. The summed E-state index contributed by atoms with van der Waals surface area (Å²) in [5.74, 6) is 0. The molecular weight excluding hydrogens is 323 g/mol. The van der Waals surface area contributed by atoms with Gasteiger partial charge in [0.1, 0.15) is 0 Å². The Morgan fingerprint density at radius 3 is 1.78 bits per heavy atom. The van der Waals surface area contributed by atoms with E-state index in [4.69, 9.17) is 0 Å². The van der Waals surface area contributed by atoms with E-state index in [1.165, 1.54) is 32.1 Å². The standard InChI is InChI=1S/C17H36O4S.Na/c1-3-5-6-7-8-9-13-16(18)14-10-11-15-17(12-4-2)22(19,20)21;/h16-18H,3-15H2,1-2H3,(H,19,20,21);/q;+1/p-1. The van der Waals surface area contributed by atoms with Gasteiger partial charge in [-0.05, 0) is 25.7 Å². The van der Waals surface area contributed by atoms with Crippen molar-refractivity contribution >= 4 is 10.1 Å². The molecule has 0 aromatic carbocycles. The molecule has 0 bridgehead atoms. The van der Waals surface area contributed by atoms with Crippen LogP contribution in [0, 0.1) is 0 Å². The number of hydrogen-bond donors (Lipinski definition) is 1. The molecule has 0 heterocycles. The van der Waals surface area contributed by atoms with Gasteiger partial charge in [-0.3, -0.25) is 0 Å². The summed E-state index contributed by atoms with van der Waals surface area (Å²) in [7, 11) is -4.17. The van der Waals surface area contributed by atoms with E-state index in [0.717, 1.165) is 19.3 Å². The fourth-order valence-electron chi connectivity index (χ4n) is 2.81. The Labute approximate surface area is 165 Å². The minimum Gasteiger partial charge on any atom is -0.748 e. The third-order valence-electron chi connectivity index (χ3n) is 4.22. The minimum atomic E-state index is -4.17. The van der Waals surface area contributed by atoms with E-state index < -0.39 is 15.4 Å². The summed E-state index contributed by atoms with van der Waals surface area (Å²) in [6, 6.07) is 0. The van der Waals surface area contributed by atoms with Crippen molar-refractivity contribution in [2.75, 3.05) is 0 Å². The summed E-state index contributed by atoms with van der Waals surface area (Å²) < 4.78 is 33.3. The van der Waals surface area contributed by atoms with Gasteiger partial charge in [0.05, 0.1) is 16.2 Å². The van der Waals surface area contributed by atoms with Crippen LogP contribution in [-0.2, 0) is 10.1 Å². The zero-order valence-electron chi connectivity index (χ0n) is 15.4. The third-order valence-corrected chi connectivity index (χ3v) is 5.51. The van der Waals surface area contributed by atoms with Gasteiger partial charge in [0, 0.05) is 5.25 Å². The first-order valence-electron chi connectivity index (χ1n) is 9.04. The molecule has 0 aromatic rings. The molecule has 0 aliphatic carbocycles. The van der Waals surface area contributed by atoms with Crippen LogP contribution in [0.2, 0.25) is 0 Å². The molecule has 0 fully saturated rings. The molecular formula is C17H35NaO4S. The first kappa shape index (κ1) is 26.1. The van der Waals surface area contributed by atoms with Crippen LogP contribution in [0.3, 0.4) is 0 Å². The molecule has 6 heteroatoms. The molecule has 0 saturated carbocycles. The molecule has 1 N–H and O–H groups in total. The van der Waals surface area contributed by atoms with E-state index in [9.17, 15) is 18.1 Å². The maximum Gasteiger partial charge on any atom is 1.00 e. The van der Waals surface area contributed by atoms with E-state index >= 15 is 0 Å². The van der Waals surface area contributed by atoms with Crippen LogP contribution in [0.5, 0.6) is 0 Å². The molecule has 23 heavy (non-hydrogen) atoms. The molecule has 0 radical (unpaired) electrons. The van der Waals surface area contributed by atoms with Crippen molar-refractivity contribution in [2.45, 2.75) is 109 Å². The number of aliphatic hydroxyl groups is 1. The van der Waals surface area contributed by atoms with E-state index in [1.807, 2.05) is 6.92 Å². The summed E-state index contributed by atoms with van der Waals surface area (Å²) in [6.07, 6.45) is 11.7. The minimum absolute atomic E-state index is 0. The predicted octanol–water partition coefficient (Wildman–Crippen LogP) is 1.38. The Hall–Kier alpha value is 0.870. The van der Waals surface area contributed by atoms with Crippen molar-refractivity contribution in [1.82, 2.24) is 0 Å². The summed E-state index contributed by atoms with van der Waals surface area (Å²) in [6.45, 7) is 4.09. The fraction of sp³-hybridized carbons (Fsp3) is 1.00. The van der Waals surface area contributed by atoms with E-state index in [-0.39, 0.29) is 35.7 Å². The maximum absolute atomic E-state index is 11.1. The molecule has 2 atom stereocenters. The van der Waals surface area contributed by atoms with Gasteiger partial charge in [0.25, 0.3) is 0 Å². The zero-order chi connectivity index (χ0) is 16.8. The Balaban J connectivity index is 0. The molecule has 0 spiro atoms. The summed E-state index contributed by atoms with van der Waals surface area (Å²) in [5.41, 5.74) is 0. The topological polar surface area (TPSA) is 77.4 Å². The monoisotopic (exact) mass is 358 g/mol. The molecule has 2 unspecified atom stereocenters. The third kappa shape index (κ3) is 16.1. The van der Waals surface area contributed by atoms with Crippen molar-refractivity contribution in [3.05, 3.63) is 0 Å². The van der Waals surface area contributed by atoms with Crippen molar-refractivity contribution in [3.8, 4) is 0 Å². The van der Waals surface area contributed by atoms with Crippen molar-refractivity contribution in [1.29, 1.82) is 0 Å². The van der Waals surface area contributed by atoms with Crippen LogP contribution < -0.4 is 29.6 Å². The summed E-state index contributed by atoms with van der Waals surface area (Å²) in [5, 5.41) is 9.16. The molecule has 0 aliphatic rings. The number of aliphatic hydroxyl groups excluding tert-OH is 1. The second-order valence-corrected chi connectivity index (χ2v) is 8.05. The SMILES string of the molecule is CCCCCCCCC(O)CCCCC(CCC)S(=O)(=O)[O-].[Na+]. The number of rotatable bonds is 15. The molecule has 0 amide bonds. The fourth-order valence-corrected chi connectivity index (χ4v) is 3.79. The van der Waals surface area contributed by atoms with Gasteiger partial charge in [-0.2, -0.15) is 0 Å². The van der Waals surface area contributed by atoms with Crippen molar-refractivity contribution in [2.24, 2.45) is 0 Å². The first-order valence-corrected chi connectivity index (χ1v) is 10.5. The van der Waals surface area contributed by atoms with Gasteiger partial charge >= 0.3 is 29.6 Å². The van der Waals surface area contributed by atoms with Crippen molar-refractivity contribution < 1.29 is 47.6 Å².